The molecule has 2 aliphatic heterocycles. The van der Waals surface area contributed by atoms with E-state index in [0.717, 1.165) is 69.3 Å². The van der Waals surface area contributed by atoms with Gasteiger partial charge in [-0.05, 0) is 124 Å². The average molecular weight is 591 g/mol. The lowest BCUT2D eigenvalue weighted by molar-refractivity contribution is -0.117. The molecule has 0 spiro atoms. The van der Waals surface area contributed by atoms with Crippen LogP contribution in [-0.4, -0.2) is 21.8 Å². The predicted octanol–water partition coefficient (Wildman–Crippen LogP) is 8.00. The topological polar surface area (TPSA) is 84.0 Å². The fraction of sp³-hybridized carbons (Fsp3) is 0.474. The van der Waals surface area contributed by atoms with Crippen LogP contribution in [0.3, 0.4) is 0 Å². The highest BCUT2D eigenvalue weighted by Crippen LogP contribution is 2.43. The summed E-state index contributed by atoms with van der Waals surface area (Å²) >= 11 is 0. The van der Waals surface area contributed by atoms with Crippen LogP contribution in [0.15, 0.2) is 58.0 Å². The lowest BCUT2D eigenvalue weighted by Crippen LogP contribution is -2.18. The quantitative estimate of drug-likeness (QED) is 0.342. The molecule has 0 bridgehead atoms. The predicted molar refractivity (Wildman–Crippen MR) is 177 cm³/mol. The minimum atomic E-state index is -0.0429. The maximum atomic E-state index is 12.4. The molecule has 6 nitrogen and oxygen atoms in total. The average Bonchev–Trinajstić information content (AvgIpc) is 3.74. The van der Waals surface area contributed by atoms with Crippen molar-refractivity contribution in [3.63, 3.8) is 0 Å². The molecule has 4 aliphatic rings. The lowest BCUT2D eigenvalue weighted by Gasteiger charge is -2.25. The third-order valence-corrected chi connectivity index (χ3v) is 10.8. The molecule has 230 valence electrons. The Morgan fingerprint density at radius 1 is 0.614 bits per heavy atom. The number of carbonyl (C=O) groups excluding carboxylic acids is 2. The molecule has 2 aromatic rings. The summed E-state index contributed by atoms with van der Waals surface area (Å²) in [6.45, 7) is 12.5. The molecule has 2 N–H and O–H groups in total. The van der Waals surface area contributed by atoms with Crippen molar-refractivity contribution >= 4 is 24.0 Å². The van der Waals surface area contributed by atoms with E-state index in [1.807, 2.05) is 39.8 Å². The van der Waals surface area contributed by atoms with Crippen LogP contribution in [-0.2, 0) is 22.4 Å². The largest absolute Gasteiger partial charge is 0.322 e. The maximum Gasteiger partial charge on any atom is 0.251 e. The zero-order chi connectivity index (χ0) is 31.2. The first-order valence-electron chi connectivity index (χ1n) is 16.4. The van der Waals surface area contributed by atoms with Crippen molar-refractivity contribution in [2.45, 2.75) is 106 Å². The van der Waals surface area contributed by atoms with Crippen molar-refractivity contribution in [2.75, 3.05) is 0 Å². The number of aromatic nitrogens is 2. The number of nitrogens with one attached hydrogen (secondary N) is 2. The number of hydrogen-bond donors (Lipinski definition) is 2. The molecule has 2 aliphatic carbocycles. The summed E-state index contributed by atoms with van der Waals surface area (Å²) in [6, 6.07) is 8.62. The Bertz CT molecular complexity index is 1540. The molecule has 44 heavy (non-hydrogen) atoms. The highest BCUT2D eigenvalue weighted by Gasteiger charge is 2.32. The Hall–Kier alpha value is -3.80. The number of allylic oxidation sites excluding steroid dienone is 2. The summed E-state index contributed by atoms with van der Waals surface area (Å²) < 4.78 is 0. The third kappa shape index (κ3) is 5.96. The smallest absolute Gasteiger partial charge is 0.251 e. The van der Waals surface area contributed by atoms with Gasteiger partial charge in [-0.15, -0.1) is 0 Å². The molecule has 4 heterocycles. The van der Waals surface area contributed by atoms with Gasteiger partial charge in [-0.2, -0.15) is 0 Å². The molecule has 0 radical (unpaired) electrons. The summed E-state index contributed by atoms with van der Waals surface area (Å²) in [4.78, 5) is 35.3. The Kier molecular flexibility index (Phi) is 7.98. The van der Waals surface area contributed by atoms with Gasteiger partial charge in [-0.1, -0.05) is 51.7 Å². The van der Waals surface area contributed by atoms with Gasteiger partial charge in [0.15, 0.2) is 0 Å². The molecular weight excluding hydrogens is 544 g/mol. The Morgan fingerprint density at radius 2 is 0.977 bits per heavy atom. The molecule has 0 saturated heterocycles. The first-order chi connectivity index (χ1) is 20.9. The van der Waals surface area contributed by atoms with E-state index >= 15 is 0 Å². The van der Waals surface area contributed by atoms with E-state index in [1.165, 1.54) is 62.5 Å². The maximum absolute atomic E-state index is 12.4. The summed E-state index contributed by atoms with van der Waals surface area (Å²) in [7, 11) is 0. The lowest BCUT2D eigenvalue weighted by atomic mass is 9.81. The number of pyridine rings is 2. The Balaban J connectivity index is 1.43. The number of carbonyl (C=O) groups is 2. The number of hydrogen-bond acceptors (Lipinski definition) is 4. The van der Waals surface area contributed by atoms with E-state index in [2.05, 4.69) is 48.7 Å². The minimum Gasteiger partial charge on any atom is -0.322 e. The van der Waals surface area contributed by atoms with Crippen LogP contribution in [0, 0.1) is 10.8 Å². The summed E-state index contributed by atoms with van der Waals surface area (Å²) in [6.07, 6.45) is 16.0. The zero-order valence-corrected chi connectivity index (χ0v) is 27.2. The van der Waals surface area contributed by atoms with E-state index in [4.69, 9.17) is 9.97 Å². The Labute approximate surface area is 262 Å². The van der Waals surface area contributed by atoms with Gasteiger partial charge in [0.05, 0.1) is 22.8 Å². The molecule has 2 amide bonds. The van der Waals surface area contributed by atoms with Crippen LogP contribution in [0.25, 0.3) is 23.5 Å². The van der Waals surface area contributed by atoms with Gasteiger partial charge in [-0.25, -0.2) is 9.97 Å². The highest BCUT2D eigenvalue weighted by molar-refractivity contribution is 6.01. The zero-order valence-electron chi connectivity index (χ0n) is 27.2. The van der Waals surface area contributed by atoms with Gasteiger partial charge in [0, 0.05) is 22.5 Å². The van der Waals surface area contributed by atoms with Gasteiger partial charge in [0.1, 0.15) is 0 Å². The molecule has 0 atom stereocenters. The van der Waals surface area contributed by atoms with Gasteiger partial charge >= 0.3 is 0 Å². The summed E-state index contributed by atoms with van der Waals surface area (Å²) in [5.41, 5.74) is 11.4. The SMILES string of the molecule is CC1=C(C)C(=Cc2nc(-c3ccc(CC4(C)CCCC4)c(C=C4NC(=O)C(C)=C4C)n3)ccc2CC2(C)CCCC2)NC1=O. The molecular formula is C38H46N4O2. The second-order valence-corrected chi connectivity index (χ2v) is 14.4. The van der Waals surface area contributed by atoms with Crippen LogP contribution < -0.4 is 10.6 Å². The molecule has 2 saturated carbocycles. The fourth-order valence-electron chi connectivity index (χ4n) is 7.50. The number of rotatable bonds is 7. The van der Waals surface area contributed by atoms with Crippen LogP contribution in [0.2, 0.25) is 0 Å². The van der Waals surface area contributed by atoms with E-state index in [1.54, 1.807) is 0 Å². The first-order valence-corrected chi connectivity index (χ1v) is 16.4. The summed E-state index contributed by atoms with van der Waals surface area (Å²) in [5, 5.41) is 6.09. The molecule has 6 heteroatoms. The third-order valence-electron chi connectivity index (χ3n) is 10.8. The molecule has 2 aromatic heterocycles. The van der Waals surface area contributed by atoms with Crippen molar-refractivity contribution in [1.29, 1.82) is 0 Å². The fourth-order valence-corrected chi connectivity index (χ4v) is 7.50. The number of amides is 2. The standard InChI is InChI=1S/C38H46N4O2/c1-23-25(3)35(43)41-31(23)19-33-27(21-37(5)15-7-8-16-37)11-13-29(39-33)30-14-12-28(22-38(6)17-9-10-18-38)34(40-30)20-32-24(2)26(4)36(44)42-32/h11-14,19-20H,7-10,15-18,21-22H2,1-6H3,(H,41,43)(H,42,44). The van der Waals surface area contributed by atoms with Crippen LogP contribution in [0.4, 0.5) is 0 Å². The molecule has 0 unspecified atom stereocenters. The monoisotopic (exact) mass is 590 g/mol. The van der Waals surface area contributed by atoms with Crippen LogP contribution >= 0.6 is 0 Å². The van der Waals surface area contributed by atoms with Crippen molar-refractivity contribution in [3.05, 3.63) is 80.5 Å². The van der Waals surface area contributed by atoms with E-state index in [-0.39, 0.29) is 22.6 Å². The van der Waals surface area contributed by atoms with Crippen molar-refractivity contribution in [2.24, 2.45) is 10.8 Å². The number of nitrogens with zero attached hydrogens (tertiary/aromatic N) is 2. The van der Waals surface area contributed by atoms with Crippen LogP contribution in [0.1, 0.15) is 115 Å². The minimum absolute atomic E-state index is 0.0429. The van der Waals surface area contributed by atoms with Gasteiger partial charge in [0.25, 0.3) is 11.8 Å². The normalized spacial score (nSPS) is 23.0. The van der Waals surface area contributed by atoms with E-state index in [0.29, 0.717) is 0 Å². The summed E-state index contributed by atoms with van der Waals surface area (Å²) in [5.74, 6) is -0.0858. The molecule has 6 rings (SSSR count). The molecule has 2 fully saturated rings. The highest BCUT2D eigenvalue weighted by atomic mass is 16.2. The van der Waals surface area contributed by atoms with Crippen LogP contribution in [0.5, 0.6) is 0 Å². The molecule has 0 aromatic carbocycles. The van der Waals surface area contributed by atoms with Crippen molar-refractivity contribution < 1.29 is 9.59 Å². The second-order valence-electron chi connectivity index (χ2n) is 14.4. The van der Waals surface area contributed by atoms with Crippen molar-refractivity contribution in [1.82, 2.24) is 20.6 Å². The van der Waals surface area contributed by atoms with Crippen molar-refractivity contribution in [3.8, 4) is 11.4 Å². The van der Waals surface area contributed by atoms with Gasteiger partial charge < -0.3 is 10.6 Å². The van der Waals surface area contributed by atoms with Gasteiger partial charge in [0.2, 0.25) is 0 Å². The Morgan fingerprint density at radius 3 is 1.30 bits per heavy atom. The van der Waals surface area contributed by atoms with E-state index < -0.39 is 0 Å². The van der Waals surface area contributed by atoms with Gasteiger partial charge in [-0.3, -0.25) is 9.59 Å². The van der Waals surface area contributed by atoms with E-state index in [9.17, 15) is 9.59 Å². The first kappa shape index (κ1) is 30.2. The second kappa shape index (κ2) is 11.6.